The van der Waals surface area contributed by atoms with Gasteiger partial charge in [0.1, 0.15) is 5.82 Å². The van der Waals surface area contributed by atoms with E-state index in [0.717, 1.165) is 23.2 Å². The van der Waals surface area contributed by atoms with Gasteiger partial charge in [-0.2, -0.15) is 0 Å². The topological polar surface area (TPSA) is 24.9 Å². The molecule has 0 aliphatic heterocycles. The van der Waals surface area contributed by atoms with Crippen LogP contribution in [0.15, 0.2) is 41.0 Å². The van der Waals surface area contributed by atoms with Crippen molar-refractivity contribution in [1.29, 1.82) is 0 Å². The molecular formula is C15H16BrFN2. The molecule has 0 saturated carbocycles. The molecule has 100 valence electrons. The largest absolute Gasteiger partial charge is 0.313 e. The minimum Gasteiger partial charge on any atom is -0.313 e. The van der Waals surface area contributed by atoms with Crippen molar-refractivity contribution in [2.24, 2.45) is 0 Å². The summed E-state index contributed by atoms with van der Waals surface area (Å²) in [5.74, 6) is -0.241. The molecule has 4 heteroatoms. The lowest BCUT2D eigenvalue weighted by atomic mass is 10.0. The summed E-state index contributed by atoms with van der Waals surface area (Å²) in [6.07, 6.45) is 2.59. The highest BCUT2D eigenvalue weighted by Crippen LogP contribution is 2.22. The van der Waals surface area contributed by atoms with Crippen LogP contribution >= 0.6 is 15.9 Å². The molecule has 0 fully saturated rings. The Balaban J connectivity index is 2.19. The fraction of sp³-hybridized carbons (Fsp3) is 0.267. The first-order valence-electron chi connectivity index (χ1n) is 6.14. The van der Waals surface area contributed by atoms with Gasteiger partial charge in [-0.3, -0.25) is 4.98 Å². The number of hydrogen-bond donors (Lipinski definition) is 1. The van der Waals surface area contributed by atoms with Gasteiger partial charge in [0, 0.05) is 24.4 Å². The summed E-state index contributed by atoms with van der Waals surface area (Å²) in [5.41, 5.74) is 3.05. The van der Waals surface area contributed by atoms with Crippen LogP contribution in [0.5, 0.6) is 0 Å². The third-order valence-electron chi connectivity index (χ3n) is 3.08. The summed E-state index contributed by atoms with van der Waals surface area (Å²) < 4.78 is 14.1. The predicted molar refractivity (Wildman–Crippen MR) is 78.6 cm³/mol. The van der Waals surface area contributed by atoms with Gasteiger partial charge in [0.05, 0.1) is 4.47 Å². The van der Waals surface area contributed by atoms with Crippen LogP contribution in [0.25, 0.3) is 0 Å². The van der Waals surface area contributed by atoms with Gasteiger partial charge < -0.3 is 5.32 Å². The van der Waals surface area contributed by atoms with Crippen LogP contribution in [0.2, 0.25) is 0 Å². The summed E-state index contributed by atoms with van der Waals surface area (Å²) >= 11 is 3.17. The Bertz CT molecular complexity index is 555. The first-order valence-corrected chi connectivity index (χ1v) is 6.93. The van der Waals surface area contributed by atoms with Crippen LogP contribution in [0.1, 0.15) is 22.9 Å². The van der Waals surface area contributed by atoms with Gasteiger partial charge in [-0.15, -0.1) is 0 Å². The molecule has 2 nitrogen and oxygen atoms in total. The fourth-order valence-corrected chi connectivity index (χ4v) is 2.19. The number of benzene rings is 1. The maximum absolute atomic E-state index is 13.6. The predicted octanol–water partition coefficient (Wildman–Crippen LogP) is 3.79. The van der Waals surface area contributed by atoms with Crippen molar-refractivity contribution in [3.8, 4) is 0 Å². The normalized spacial score (nSPS) is 12.4. The van der Waals surface area contributed by atoms with E-state index in [-0.39, 0.29) is 11.9 Å². The summed E-state index contributed by atoms with van der Waals surface area (Å²) in [5, 5.41) is 3.21. The van der Waals surface area contributed by atoms with Gasteiger partial charge in [-0.05, 0) is 59.2 Å². The van der Waals surface area contributed by atoms with Gasteiger partial charge in [-0.25, -0.2) is 4.39 Å². The van der Waals surface area contributed by atoms with E-state index in [1.165, 1.54) is 0 Å². The molecule has 0 aliphatic rings. The van der Waals surface area contributed by atoms with Crippen molar-refractivity contribution in [1.82, 2.24) is 10.3 Å². The minimum absolute atomic E-state index is 0.0535. The number of aromatic nitrogens is 1. The minimum atomic E-state index is -0.241. The average molecular weight is 323 g/mol. The van der Waals surface area contributed by atoms with Crippen molar-refractivity contribution < 1.29 is 4.39 Å². The third kappa shape index (κ3) is 3.61. The van der Waals surface area contributed by atoms with E-state index in [1.54, 1.807) is 12.1 Å². The smallest absolute Gasteiger partial charge is 0.137 e. The highest BCUT2D eigenvalue weighted by molar-refractivity contribution is 9.10. The summed E-state index contributed by atoms with van der Waals surface area (Å²) in [6, 6.07) is 9.31. The van der Waals surface area contributed by atoms with Crippen molar-refractivity contribution >= 4 is 15.9 Å². The van der Waals surface area contributed by atoms with E-state index in [0.29, 0.717) is 4.47 Å². The zero-order valence-corrected chi connectivity index (χ0v) is 12.5. The molecule has 1 heterocycles. The Hall–Kier alpha value is -1.26. The molecule has 0 amide bonds. The maximum Gasteiger partial charge on any atom is 0.137 e. The lowest BCUT2D eigenvalue weighted by Gasteiger charge is -2.16. The molecule has 2 aromatic rings. The fourth-order valence-electron chi connectivity index (χ4n) is 1.94. The molecule has 2 rings (SSSR count). The number of halogens is 2. The van der Waals surface area contributed by atoms with E-state index in [1.807, 2.05) is 38.4 Å². The SMILES string of the molecule is CNC(Cc1ccc(C)cn1)c1ccc(Br)c(F)c1. The molecular weight excluding hydrogens is 307 g/mol. The maximum atomic E-state index is 13.6. The lowest BCUT2D eigenvalue weighted by Crippen LogP contribution is -2.19. The molecule has 1 atom stereocenters. The summed E-state index contributed by atoms with van der Waals surface area (Å²) in [6.45, 7) is 2.01. The van der Waals surface area contributed by atoms with Gasteiger partial charge in [0.25, 0.3) is 0 Å². The van der Waals surface area contributed by atoms with E-state index in [2.05, 4.69) is 26.2 Å². The van der Waals surface area contributed by atoms with E-state index >= 15 is 0 Å². The second-order valence-corrected chi connectivity index (χ2v) is 5.40. The number of nitrogens with zero attached hydrogens (tertiary/aromatic N) is 1. The third-order valence-corrected chi connectivity index (χ3v) is 3.72. The monoisotopic (exact) mass is 322 g/mol. The Morgan fingerprint density at radius 3 is 2.68 bits per heavy atom. The molecule has 19 heavy (non-hydrogen) atoms. The van der Waals surface area contributed by atoms with E-state index in [9.17, 15) is 4.39 Å². The number of rotatable bonds is 4. The highest BCUT2D eigenvalue weighted by atomic mass is 79.9. The average Bonchev–Trinajstić information content (AvgIpc) is 2.41. The van der Waals surface area contributed by atoms with Crippen LogP contribution in [-0.2, 0) is 6.42 Å². The van der Waals surface area contributed by atoms with Crippen LogP contribution in [-0.4, -0.2) is 12.0 Å². The van der Waals surface area contributed by atoms with Crippen LogP contribution in [0.3, 0.4) is 0 Å². The lowest BCUT2D eigenvalue weighted by molar-refractivity contribution is 0.570. The van der Waals surface area contributed by atoms with Crippen molar-refractivity contribution in [3.63, 3.8) is 0 Å². The molecule has 0 spiro atoms. The molecule has 0 bridgehead atoms. The van der Waals surface area contributed by atoms with Crippen LogP contribution in [0, 0.1) is 12.7 Å². The molecule has 1 unspecified atom stereocenters. The van der Waals surface area contributed by atoms with Gasteiger partial charge in [0.15, 0.2) is 0 Å². The van der Waals surface area contributed by atoms with Crippen molar-refractivity contribution in [2.75, 3.05) is 7.05 Å². The van der Waals surface area contributed by atoms with E-state index < -0.39 is 0 Å². The molecule has 0 aliphatic carbocycles. The van der Waals surface area contributed by atoms with Crippen molar-refractivity contribution in [2.45, 2.75) is 19.4 Å². The number of likely N-dealkylation sites (N-methyl/N-ethyl adjacent to an activating group) is 1. The van der Waals surface area contributed by atoms with E-state index in [4.69, 9.17) is 0 Å². The summed E-state index contributed by atoms with van der Waals surface area (Å²) in [4.78, 5) is 4.39. The van der Waals surface area contributed by atoms with Gasteiger partial charge in [0.2, 0.25) is 0 Å². The Kier molecular flexibility index (Phi) is 4.66. The van der Waals surface area contributed by atoms with Gasteiger partial charge >= 0.3 is 0 Å². The molecule has 0 radical (unpaired) electrons. The van der Waals surface area contributed by atoms with Crippen LogP contribution in [0.4, 0.5) is 4.39 Å². The quantitative estimate of drug-likeness (QED) is 0.926. The molecule has 1 aromatic heterocycles. The Morgan fingerprint density at radius 2 is 2.11 bits per heavy atom. The number of hydrogen-bond acceptors (Lipinski definition) is 2. The molecule has 0 saturated heterocycles. The highest BCUT2D eigenvalue weighted by Gasteiger charge is 2.12. The zero-order valence-electron chi connectivity index (χ0n) is 11.0. The first kappa shape index (κ1) is 14.2. The van der Waals surface area contributed by atoms with Crippen molar-refractivity contribution in [3.05, 3.63) is 63.6 Å². The standard InChI is InChI=1S/C15H16BrFN2/c1-10-3-5-12(19-9-10)8-15(18-2)11-4-6-13(16)14(17)7-11/h3-7,9,15,18H,8H2,1-2H3. The first-order chi connectivity index (χ1) is 9.10. The Morgan fingerprint density at radius 1 is 1.32 bits per heavy atom. The summed E-state index contributed by atoms with van der Waals surface area (Å²) in [7, 11) is 1.87. The van der Waals surface area contributed by atoms with Crippen LogP contribution < -0.4 is 5.32 Å². The zero-order chi connectivity index (χ0) is 13.8. The number of aryl methyl sites for hydroxylation is 1. The molecule has 1 aromatic carbocycles. The van der Waals surface area contributed by atoms with Gasteiger partial charge in [-0.1, -0.05) is 12.1 Å². The number of nitrogens with one attached hydrogen (secondary N) is 1. The second-order valence-electron chi connectivity index (χ2n) is 4.55. The Labute approximate surface area is 121 Å². The second kappa shape index (κ2) is 6.26. The molecule has 1 N–H and O–H groups in total. The number of pyridine rings is 1.